The molecule has 0 N–H and O–H groups in total. The molecule has 0 fully saturated rings. The van der Waals surface area contributed by atoms with Gasteiger partial charge in [-0.3, -0.25) is 0 Å². The molecular weight excluding hydrogens is 661 g/mol. The van der Waals surface area contributed by atoms with Crippen molar-refractivity contribution in [3.05, 3.63) is 205 Å². The van der Waals surface area contributed by atoms with E-state index in [9.17, 15) is 0 Å². The van der Waals surface area contributed by atoms with Gasteiger partial charge in [-0.05, 0) is 128 Å². The van der Waals surface area contributed by atoms with Gasteiger partial charge in [-0.25, -0.2) is 0 Å². The van der Waals surface area contributed by atoms with Crippen LogP contribution in [0, 0.1) is 0 Å². The molecule has 0 atom stereocenters. The zero-order valence-corrected chi connectivity index (χ0v) is 31.0. The van der Waals surface area contributed by atoms with Gasteiger partial charge in [-0.15, -0.1) is 0 Å². The molecule has 0 aliphatic heterocycles. The largest absolute Gasteiger partial charge is 0.0616 e. The van der Waals surface area contributed by atoms with Gasteiger partial charge in [0.05, 0.1) is 0 Å². The molecule has 0 amide bonds. The molecule has 0 heteroatoms. The lowest BCUT2D eigenvalue weighted by Crippen LogP contribution is -2.15. The van der Waals surface area contributed by atoms with Gasteiger partial charge >= 0.3 is 0 Å². The smallest absolute Gasteiger partial charge is 0.0165 e. The predicted octanol–water partition coefficient (Wildman–Crippen LogP) is 15.3. The highest BCUT2D eigenvalue weighted by Crippen LogP contribution is 2.54. The monoisotopic (exact) mass is 698 g/mol. The van der Waals surface area contributed by atoms with Crippen LogP contribution in [0.25, 0.3) is 98.7 Å². The Hall–Kier alpha value is -6.76. The van der Waals surface area contributed by atoms with Crippen molar-refractivity contribution < 1.29 is 0 Å². The minimum absolute atomic E-state index is 0.104. The third kappa shape index (κ3) is 4.85. The molecule has 0 nitrogen and oxygen atoms in total. The fourth-order valence-corrected chi connectivity index (χ4v) is 9.71. The Kier molecular flexibility index (Phi) is 7.00. The lowest BCUT2D eigenvalue weighted by molar-refractivity contribution is 0.666. The molecule has 258 valence electrons. The Morgan fingerprint density at radius 3 is 1.45 bits per heavy atom. The molecule has 0 radical (unpaired) electrons. The van der Waals surface area contributed by atoms with Crippen LogP contribution in [0.4, 0.5) is 0 Å². The summed E-state index contributed by atoms with van der Waals surface area (Å²) in [6.45, 7) is 4.78. The van der Waals surface area contributed by atoms with Crippen molar-refractivity contribution in [1.29, 1.82) is 0 Å². The summed E-state index contributed by atoms with van der Waals surface area (Å²) >= 11 is 0. The van der Waals surface area contributed by atoms with Crippen LogP contribution in [0.3, 0.4) is 0 Å². The van der Waals surface area contributed by atoms with Crippen LogP contribution < -0.4 is 0 Å². The van der Waals surface area contributed by atoms with Gasteiger partial charge in [0.15, 0.2) is 0 Å². The van der Waals surface area contributed by atoms with E-state index in [-0.39, 0.29) is 5.41 Å². The molecule has 0 aromatic heterocycles. The predicted molar refractivity (Wildman–Crippen MR) is 236 cm³/mol. The average molecular weight is 699 g/mol. The summed E-state index contributed by atoms with van der Waals surface area (Å²) < 4.78 is 0. The van der Waals surface area contributed by atoms with E-state index in [0.29, 0.717) is 0 Å². The molecule has 0 spiro atoms. The first-order valence-corrected chi connectivity index (χ1v) is 19.3. The summed E-state index contributed by atoms with van der Waals surface area (Å²) in [5.74, 6) is 0. The van der Waals surface area contributed by atoms with Crippen LogP contribution in [-0.4, -0.2) is 0 Å². The van der Waals surface area contributed by atoms with E-state index in [1.807, 2.05) is 0 Å². The van der Waals surface area contributed by atoms with Crippen LogP contribution in [0.15, 0.2) is 194 Å². The molecular formula is C55H38. The summed E-state index contributed by atoms with van der Waals surface area (Å²) in [5.41, 5.74) is 15.4. The molecule has 0 saturated heterocycles. The van der Waals surface area contributed by atoms with Gasteiger partial charge in [0.1, 0.15) is 0 Å². The van der Waals surface area contributed by atoms with Crippen LogP contribution in [0.5, 0.6) is 0 Å². The molecule has 0 bridgehead atoms. The molecule has 1 aliphatic rings. The van der Waals surface area contributed by atoms with Crippen molar-refractivity contribution in [3.63, 3.8) is 0 Å². The molecule has 0 heterocycles. The molecule has 1 aliphatic carbocycles. The number of rotatable bonds is 4. The second kappa shape index (κ2) is 12.1. The SMILES string of the molecule is CC1(C)c2cccc(-c3cccc(-c4c5ccccc5c(-c5cccc(-c6ccc7ccccc7c6)c5)c5ccccc45)c3)c2-c2ccc3ccccc3c21. The van der Waals surface area contributed by atoms with Gasteiger partial charge in [0, 0.05) is 5.41 Å². The first kappa shape index (κ1) is 31.7. The number of hydrogen-bond donors (Lipinski definition) is 0. The van der Waals surface area contributed by atoms with Crippen molar-refractivity contribution in [2.24, 2.45) is 0 Å². The third-order valence-corrected chi connectivity index (χ3v) is 12.2. The molecule has 0 unspecified atom stereocenters. The van der Waals surface area contributed by atoms with Crippen LogP contribution in [-0.2, 0) is 5.41 Å². The highest BCUT2D eigenvalue weighted by molar-refractivity contribution is 6.21. The maximum atomic E-state index is 2.43. The van der Waals surface area contributed by atoms with Crippen LogP contribution in [0.2, 0.25) is 0 Å². The highest BCUT2D eigenvalue weighted by atomic mass is 14.4. The Labute approximate surface area is 322 Å². The zero-order valence-electron chi connectivity index (χ0n) is 31.0. The van der Waals surface area contributed by atoms with Crippen molar-refractivity contribution in [3.8, 4) is 55.6 Å². The quantitative estimate of drug-likeness (QED) is 0.161. The fourth-order valence-electron chi connectivity index (χ4n) is 9.71. The van der Waals surface area contributed by atoms with E-state index in [4.69, 9.17) is 0 Å². The maximum Gasteiger partial charge on any atom is 0.0165 e. The van der Waals surface area contributed by atoms with E-state index in [0.717, 1.165) is 0 Å². The summed E-state index contributed by atoms with van der Waals surface area (Å²) in [4.78, 5) is 0. The van der Waals surface area contributed by atoms with Gasteiger partial charge in [-0.2, -0.15) is 0 Å². The lowest BCUT2D eigenvalue weighted by atomic mass is 9.80. The van der Waals surface area contributed by atoms with E-state index in [1.165, 1.54) is 110 Å². The van der Waals surface area contributed by atoms with Gasteiger partial charge < -0.3 is 0 Å². The summed E-state index contributed by atoms with van der Waals surface area (Å²) in [5, 5.41) is 10.2. The number of benzene rings is 10. The van der Waals surface area contributed by atoms with Crippen molar-refractivity contribution >= 4 is 43.1 Å². The van der Waals surface area contributed by atoms with Crippen LogP contribution in [0.1, 0.15) is 25.0 Å². The van der Waals surface area contributed by atoms with Crippen LogP contribution >= 0.6 is 0 Å². The van der Waals surface area contributed by atoms with Gasteiger partial charge in [0.25, 0.3) is 0 Å². The zero-order chi connectivity index (χ0) is 36.7. The molecule has 10 aromatic rings. The van der Waals surface area contributed by atoms with E-state index in [1.54, 1.807) is 0 Å². The summed E-state index contributed by atoms with van der Waals surface area (Å²) in [6.07, 6.45) is 0. The third-order valence-electron chi connectivity index (χ3n) is 12.2. The first-order valence-electron chi connectivity index (χ1n) is 19.3. The number of hydrogen-bond acceptors (Lipinski definition) is 0. The normalized spacial score (nSPS) is 13.1. The standard InChI is InChI=1S/C55H38/c1-55(2)50-27-13-26-43(53(50)49-31-30-36-15-5-6-21-44(36)54(49)55)40-18-12-20-42(34-40)52-47-24-9-7-22-45(47)51(46-23-8-10-25-48(46)52)41-19-11-17-38(33-41)39-29-28-35-14-3-4-16-37(35)32-39/h3-34H,1-2H3. The maximum absolute atomic E-state index is 2.43. The van der Waals surface area contributed by atoms with Crippen molar-refractivity contribution in [2.45, 2.75) is 19.3 Å². The molecule has 10 aromatic carbocycles. The topological polar surface area (TPSA) is 0 Å². The minimum atomic E-state index is -0.104. The van der Waals surface area contributed by atoms with Crippen molar-refractivity contribution in [2.75, 3.05) is 0 Å². The lowest BCUT2D eigenvalue weighted by Gasteiger charge is -2.23. The van der Waals surface area contributed by atoms with E-state index in [2.05, 4.69) is 208 Å². The summed E-state index contributed by atoms with van der Waals surface area (Å²) in [7, 11) is 0. The molecule has 0 saturated carbocycles. The Morgan fingerprint density at radius 1 is 0.291 bits per heavy atom. The van der Waals surface area contributed by atoms with E-state index < -0.39 is 0 Å². The van der Waals surface area contributed by atoms with E-state index >= 15 is 0 Å². The summed E-state index contributed by atoms with van der Waals surface area (Å²) in [6, 6.07) is 72.1. The average Bonchev–Trinajstić information content (AvgIpc) is 3.49. The Bertz CT molecular complexity index is 3120. The highest BCUT2D eigenvalue weighted by Gasteiger charge is 2.38. The fraction of sp³-hybridized carbons (Fsp3) is 0.0545. The first-order chi connectivity index (χ1) is 27.0. The minimum Gasteiger partial charge on any atom is -0.0616 e. The second-order valence-electron chi connectivity index (χ2n) is 15.6. The Balaban J connectivity index is 1.10. The van der Waals surface area contributed by atoms with Gasteiger partial charge in [-0.1, -0.05) is 190 Å². The number of fused-ring (bicyclic) bond motifs is 8. The molecule has 11 rings (SSSR count). The Morgan fingerprint density at radius 2 is 0.782 bits per heavy atom. The van der Waals surface area contributed by atoms with Gasteiger partial charge in [0.2, 0.25) is 0 Å². The second-order valence-corrected chi connectivity index (χ2v) is 15.6. The van der Waals surface area contributed by atoms with Crippen molar-refractivity contribution in [1.82, 2.24) is 0 Å². The molecule has 55 heavy (non-hydrogen) atoms.